The van der Waals surface area contributed by atoms with E-state index in [2.05, 4.69) is 70.3 Å². The minimum absolute atomic E-state index is 0.326. The maximum Gasteiger partial charge on any atom is 0.338 e. The van der Waals surface area contributed by atoms with E-state index in [1.165, 1.54) is 15.5 Å². The summed E-state index contributed by atoms with van der Waals surface area (Å²) in [5.41, 5.74) is 5.29. The number of pyridine rings is 1. The quantitative estimate of drug-likeness (QED) is 0.287. The molecular weight excluding hydrogens is 472 g/mol. The molecule has 1 aromatic heterocycles. The summed E-state index contributed by atoms with van der Waals surface area (Å²) in [5.74, 6) is -0.339. The Bertz CT molecular complexity index is 1340. The summed E-state index contributed by atoms with van der Waals surface area (Å²) < 4.78 is 6.21. The van der Waals surface area contributed by atoms with Crippen LogP contribution in [-0.2, 0) is 4.74 Å². The van der Waals surface area contributed by atoms with Crippen LogP contribution in [-0.4, -0.2) is 24.6 Å². The molecule has 0 fully saturated rings. The third-order valence-electron chi connectivity index (χ3n) is 5.33. The number of anilines is 2. The lowest BCUT2D eigenvalue weighted by atomic mass is 10.0. The molecule has 0 N–H and O–H groups in total. The molecule has 5 rings (SSSR count). The minimum Gasteiger partial charge on any atom is -0.462 e. The molecule has 4 aromatic rings. The van der Waals surface area contributed by atoms with Crippen LogP contribution < -0.4 is 4.90 Å². The molecule has 1 aliphatic heterocycles. The van der Waals surface area contributed by atoms with E-state index >= 15 is 0 Å². The van der Waals surface area contributed by atoms with E-state index in [0.29, 0.717) is 12.2 Å². The van der Waals surface area contributed by atoms with Gasteiger partial charge in [0.25, 0.3) is 0 Å². The van der Waals surface area contributed by atoms with Crippen LogP contribution in [0, 0.1) is 0 Å². The molecule has 1 aliphatic rings. The molecule has 3 aromatic carbocycles. The lowest BCUT2D eigenvalue weighted by Gasteiger charge is -2.29. The Morgan fingerprint density at radius 2 is 1.84 bits per heavy atom. The third kappa shape index (κ3) is 3.60. The normalized spacial score (nSPS) is 12.4. The molecule has 0 amide bonds. The Hall–Kier alpha value is -2.83. The molecule has 0 unspecified atom stereocenters. The summed E-state index contributed by atoms with van der Waals surface area (Å²) in [6.45, 7) is 2.14. The molecule has 0 saturated carbocycles. The molecule has 0 saturated heterocycles. The number of ether oxygens (including phenoxy) is 1. The van der Waals surface area contributed by atoms with E-state index in [1.54, 1.807) is 11.8 Å². The molecule has 0 radical (unpaired) electrons. The molecule has 0 bridgehead atoms. The number of esters is 1. The Labute approximate surface area is 193 Å². The third-order valence-corrected chi connectivity index (χ3v) is 6.95. The highest BCUT2D eigenvalue weighted by atomic mass is 79.9. The first-order valence-electron chi connectivity index (χ1n) is 9.97. The van der Waals surface area contributed by atoms with Gasteiger partial charge in [0.15, 0.2) is 0 Å². The molecule has 0 atom stereocenters. The van der Waals surface area contributed by atoms with Crippen LogP contribution >= 0.6 is 27.7 Å². The Kier molecular flexibility index (Phi) is 5.20. The number of carbonyl (C=O) groups excluding carboxylic acids is 1. The van der Waals surface area contributed by atoms with Gasteiger partial charge in [-0.2, -0.15) is 0 Å². The van der Waals surface area contributed by atoms with Gasteiger partial charge >= 0.3 is 5.97 Å². The van der Waals surface area contributed by atoms with E-state index in [0.717, 1.165) is 32.3 Å². The highest BCUT2D eigenvalue weighted by Crippen LogP contribution is 2.48. The van der Waals surface area contributed by atoms with Gasteiger partial charge in [0.1, 0.15) is 0 Å². The molecule has 4 nitrogen and oxygen atoms in total. The first kappa shape index (κ1) is 20.1. The van der Waals surface area contributed by atoms with Crippen molar-refractivity contribution in [3.8, 4) is 11.3 Å². The second-order valence-corrected chi connectivity index (χ2v) is 9.25. The van der Waals surface area contributed by atoms with Gasteiger partial charge in [0.2, 0.25) is 0 Å². The summed E-state index contributed by atoms with van der Waals surface area (Å²) >= 11 is 5.26. The van der Waals surface area contributed by atoms with E-state index in [1.807, 2.05) is 31.2 Å². The summed E-state index contributed by atoms with van der Waals surface area (Å²) in [5, 5.41) is 0.774. The number of rotatable bonds is 3. The lowest BCUT2D eigenvalue weighted by molar-refractivity contribution is 0.0528. The molecule has 2 heterocycles. The van der Waals surface area contributed by atoms with Crippen molar-refractivity contribution < 1.29 is 9.53 Å². The van der Waals surface area contributed by atoms with Crippen LogP contribution in [0.3, 0.4) is 0 Å². The Morgan fingerprint density at radius 1 is 1.03 bits per heavy atom. The summed E-state index contributed by atoms with van der Waals surface area (Å²) in [7, 11) is 2.08. The number of benzene rings is 3. The van der Waals surface area contributed by atoms with Crippen molar-refractivity contribution in [3.05, 3.63) is 76.8 Å². The van der Waals surface area contributed by atoms with Gasteiger partial charge in [0.05, 0.1) is 34.8 Å². The Morgan fingerprint density at radius 3 is 2.68 bits per heavy atom. The highest BCUT2D eigenvalue weighted by molar-refractivity contribution is 9.10. The highest BCUT2D eigenvalue weighted by Gasteiger charge is 2.22. The average Bonchev–Trinajstić information content (AvgIpc) is 2.78. The standard InChI is InChI=1S/C25H19BrN2O2S/c1-3-30-25(29)18-14-20(27-19-10-9-16(26)13-17(18)19)15-8-11-24-22(12-15)28(2)21-6-4-5-7-23(21)31-24/h4-14H,3H2,1-2H3. The van der Waals surface area contributed by atoms with Gasteiger partial charge in [-0.3, -0.25) is 0 Å². The number of fused-ring (bicyclic) bond motifs is 3. The summed E-state index contributed by atoms with van der Waals surface area (Å²) in [6.07, 6.45) is 0. The molecule has 154 valence electrons. The number of nitrogens with zero attached hydrogens (tertiary/aromatic N) is 2. The largest absolute Gasteiger partial charge is 0.462 e. The number of halogens is 1. The van der Waals surface area contributed by atoms with Gasteiger partial charge in [-0.05, 0) is 55.5 Å². The fourth-order valence-corrected chi connectivity index (χ4v) is 5.31. The zero-order chi connectivity index (χ0) is 21.5. The van der Waals surface area contributed by atoms with Crippen LogP contribution in [0.4, 0.5) is 11.4 Å². The first-order valence-corrected chi connectivity index (χ1v) is 11.6. The molecular formula is C25H19BrN2O2S. The van der Waals surface area contributed by atoms with Crippen LogP contribution in [0.25, 0.3) is 22.2 Å². The van der Waals surface area contributed by atoms with Gasteiger partial charge in [-0.1, -0.05) is 45.9 Å². The molecule has 0 spiro atoms. The zero-order valence-electron chi connectivity index (χ0n) is 17.1. The van der Waals surface area contributed by atoms with Crippen molar-refractivity contribution in [2.45, 2.75) is 16.7 Å². The lowest BCUT2D eigenvalue weighted by Crippen LogP contribution is -2.14. The summed E-state index contributed by atoms with van der Waals surface area (Å²) in [6, 6.07) is 22.3. The number of hydrogen-bond donors (Lipinski definition) is 0. The van der Waals surface area contributed by atoms with Gasteiger partial charge < -0.3 is 9.64 Å². The predicted molar refractivity (Wildman–Crippen MR) is 129 cm³/mol. The van der Waals surface area contributed by atoms with Crippen molar-refractivity contribution >= 4 is 55.9 Å². The van der Waals surface area contributed by atoms with Gasteiger partial charge in [0, 0.05) is 32.3 Å². The smallest absolute Gasteiger partial charge is 0.338 e. The number of para-hydroxylation sites is 1. The van der Waals surface area contributed by atoms with Crippen LogP contribution in [0.15, 0.2) is 81.0 Å². The van der Waals surface area contributed by atoms with Crippen LogP contribution in [0.5, 0.6) is 0 Å². The van der Waals surface area contributed by atoms with Crippen molar-refractivity contribution in [2.24, 2.45) is 0 Å². The van der Waals surface area contributed by atoms with E-state index in [-0.39, 0.29) is 5.97 Å². The van der Waals surface area contributed by atoms with E-state index in [4.69, 9.17) is 9.72 Å². The summed E-state index contributed by atoms with van der Waals surface area (Å²) in [4.78, 5) is 22.2. The fourth-order valence-electron chi connectivity index (χ4n) is 3.82. The van der Waals surface area contributed by atoms with E-state index < -0.39 is 0 Å². The van der Waals surface area contributed by atoms with Crippen molar-refractivity contribution in [2.75, 3.05) is 18.6 Å². The topological polar surface area (TPSA) is 42.4 Å². The van der Waals surface area contributed by atoms with Crippen molar-refractivity contribution in [1.82, 2.24) is 4.98 Å². The second kappa shape index (κ2) is 8.02. The first-order chi connectivity index (χ1) is 15.0. The van der Waals surface area contributed by atoms with E-state index in [9.17, 15) is 4.79 Å². The number of aromatic nitrogens is 1. The van der Waals surface area contributed by atoms with Crippen LogP contribution in [0.1, 0.15) is 17.3 Å². The second-order valence-electron chi connectivity index (χ2n) is 7.25. The van der Waals surface area contributed by atoms with Crippen molar-refractivity contribution in [3.63, 3.8) is 0 Å². The molecule has 6 heteroatoms. The van der Waals surface area contributed by atoms with Crippen LogP contribution in [0.2, 0.25) is 0 Å². The maximum absolute atomic E-state index is 12.7. The van der Waals surface area contributed by atoms with Gasteiger partial charge in [-0.25, -0.2) is 9.78 Å². The maximum atomic E-state index is 12.7. The SMILES string of the molecule is CCOC(=O)c1cc(-c2ccc3c(c2)N(C)c2ccccc2S3)nc2ccc(Br)cc12. The average molecular weight is 491 g/mol. The monoisotopic (exact) mass is 490 g/mol. The Balaban J connectivity index is 1.65. The predicted octanol–water partition coefficient (Wildman–Crippen LogP) is 7.07. The molecule has 31 heavy (non-hydrogen) atoms. The fraction of sp³-hybridized carbons (Fsp3) is 0.120. The number of carbonyl (C=O) groups is 1. The minimum atomic E-state index is -0.339. The van der Waals surface area contributed by atoms with Gasteiger partial charge in [-0.15, -0.1) is 0 Å². The number of hydrogen-bond acceptors (Lipinski definition) is 5. The molecule has 0 aliphatic carbocycles. The van der Waals surface area contributed by atoms with Crippen molar-refractivity contribution in [1.29, 1.82) is 0 Å². The zero-order valence-corrected chi connectivity index (χ0v) is 19.5.